The van der Waals surface area contributed by atoms with Gasteiger partial charge < -0.3 is 10.4 Å². The Bertz CT molecular complexity index is 566. The van der Waals surface area contributed by atoms with Crippen LogP contribution in [0.3, 0.4) is 0 Å². The van der Waals surface area contributed by atoms with Gasteiger partial charge in [-0.3, -0.25) is 4.99 Å². The second-order valence-electron chi connectivity index (χ2n) is 4.73. The number of halogens is 3. The van der Waals surface area contributed by atoms with E-state index in [9.17, 15) is 18.3 Å². The van der Waals surface area contributed by atoms with Gasteiger partial charge in [0.05, 0.1) is 12.3 Å². The summed E-state index contributed by atoms with van der Waals surface area (Å²) in [5, 5.41) is 12.3. The molecule has 1 heterocycles. The van der Waals surface area contributed by atoms with Crippen molar-refractivity contribution >= 4 is 5.71 Å². The van der Waals surface area contributed by atoms with Crippen LogP contribution in [0.25, 0.3) is 0 Å². The van der Waals surface area contributed by atoms with E-state index in [-0.39, 0.29) is 24.6 Å². The van der Waals surface area contributed by atoms with Gasteiger partial charge in [0.25, 0.3) is 0 Å². The highest BCUT2D eigenvalue weighted by Crippen LogP contribution is 2.28. The number of aromatic hydroxyl groups is 1. The first kappa shape index (κ1) is 14.4. The molecule has 108 valence electrons. The lowest BCUT2D eigenvalue weighted by atomic mass is 9.99. The van der Waals surface area contributed by atoms with Gasteiger partial charge in [0.2, 0.25) is 0 Å². The van der Waals surface area contributed by atoms with Gasteiger partial charge in [-0.15, -0.1) is 0 Å². The molecule has 2 N–H and O–H groups in total. The SMILES string of the molecule is Cc1cc(C)c(C2=NCCNC(C(F)(F)F)=C2)c(O)c1. The van der Waals surface area contributed by atoms with Crippen LogP contribution in [0.4, 0.5) is 13.2 Å². The molecule has 0 bridgehead atoms. The molecular formula is C14H15F3N2O. The number of aliphatic imine (C=N–C) groups is 1. The summed E-state index contributed by atoms with van der Waals surface area (Å²) >= 11 is 0. The molecule has 1 aliphatic rings. The monoisotopic (exact) mass is 284 g/mol. The van der Waals surface area contributed by atoms with Crippen molar-refractivity contribution < 1.29 is 18.3 Å². The summed E-state index contributed by atoms with van der Waals surface area (Å²) in [5.41, 5.74) is 1.20. The summed E-state index contributed by atoms with van der Waals surface area (Å²) in [7, 11) is 0. The number of hydrogen-bond donors (Lipinski definition) is 2. The highest BCUT2D eigenvalue weighted by Gasteiger charge is 2.34. The Balaban J connectivity index is 2.53. The van der Waals surface area contributed by atoms with Crippen molar-refractivity contribution in [3.63, 3.8) is 0 Å². The average Bonchev–Trinajstić information content (AvgIpc) is 2.52. The van der Waals surface area contributed by atoms with Crippen LogP contribution in [-0.4, -0.2) is 30.1 Å². The van der Waals surface area contributed by atoms with Gasteiger partial charge in [0.15, 0.2) is 0 Å². The van der Waals surface area contributed by atoms with Crippen LogP contribution in [0.15, 0.2) is 28.9 Å². The van der Waals surface area contributed by atoms with Crippen LogP contribution < -0.4 is 5.32 Å². The van der Waals surface area contributed by atoms with Gasteiger partial charge in [-0.25, -0.2) is 0 Å². The van der Waals surface area contributed by atoms with Gasteiger partial charge in [-0.05, 0) is 37.1 Å². The first-order chi connectivity index (χ1) is 9.29. The molecule has 0 saturated heterocycles. The van der Waals surface area contributed by atoms with Crippen LogP contribution in [0.5, 0.6) is 5.75 Å². The van der Waals surface area contributed by atoms with Gasteiger partial charge >= 0.3 is 6.18 Å². The fourth-order valence-electron chi connectivity index (χ4n) is 2.21. The lowest BCUT2D eigenvalue weighted by Crippen LogP contribution is -2.27. The molecule has 1 aliphatic heterocycles. The largest absolute Gasteiger partial charge is 0.507 e. The third kappa shape index (κ3) is 2.95. The summed E-state index contributed by atoms with van der Waals surface area (Å²) < 4.78 is 38.5. The van der Waals surface area contributed by atoms with Crippen molar-refractivity contribution in [1.29, 1.82) is 0 Å². The molecule has 0 spiro atoms. The second-order valence-corrected chi connectivity index (χ2v) is 4.73. The fraction of sp³-hybridized carbons (Fsp3) is 0.357. The van der Waals surface area contributed by atoms with Crippen molar-refractivity contribution in [3.05, 3.63) is 40.6 Å². The molecule has 0 fully saturated rings. The van der Waals surface area contributed by atoms with E-state index in [0.717, 1.165) is 11.6 Å². The number of benzene rings is 1. The zero-order valence-corrected chi connectivity index (χ0v) is 11.2. The van der Waals surface area contributed by atoms with Gasteiger partial charge in [0.1, 0.15) is 11.4 Å². The zero-order valence-electron chi connectivity index (χ0n) is 11.2. The number of alkyl halides is 3. The van der Waals surface area contributed by atoms with Crippen molar-refractivity contribution in [1.82, 2.24) is 5.32 Å². The second kappa shape index (κ2) is 5.19. The minimum Gasteiger partial charge on any atom is -0.507 e. The molecule has 0 amide bonds. The maximum atomic E-state index is 12.8. The standard InChI is InChI=1S/C14H15F3N2O/c1-8-5-9(2)13(11(20)6-8)10-7-12(14(15,16)17)19-4-3-18-10/h5-7,19-20H,3-4H2,1-2H3. The quantitative estimate of drug-likeness (QED) is 0.833. The normalized spacial score (nSPS) is 16.1. The van der Waals surface area contributed by atoms with Crippen molar-refractivity contribution in [2.24, 2.45) is 4.99 Å². The molecule has 0 unspecified atom stereocenters. The van der Waals surface area contributed by atoms with E-state index in [1.807, 2.05) is 6.92 Å². The Kier molecular flexibility index (Phi) is 3.74. The first-order valence-electron chi connectivity index (χ1n) is 6.17. The van der Waals surface area contributed by atoms with E-state index in [1.165, 1.54) is 6.07 Å². The molecule has 20 heavy (non-hydrogen) atoms. The molecule has 3 nitrogen and oxygen atoms in total. The number of allylic oxidation sites excluding steroid dienone is 2. The molecule has 0 aromatic heterocycles. The minimum atomic E-state index is -4.46. The fourth-order valence-corrected chi connectivity index (χ4v) is 2.21. The molecule has 6 heteroatoms. The maximum absolute atomic E-state index is 12.8. The minimum absolute atomic E-state index is 0.0547. The summed E-state index contributed by atoms with van der Waals surface area (Å²) in [6.07, 6.45) is -3.51. The van der Waals surface area contributed by atoms with Crippen LogP contribution in [0.1, 0.15) is 16.7 Å². The van der Waals surface area contributed by atoms with Crippen molar-refractivity contribution in [2.75, 3.05) is 13.1 Å². The van der Waals surface area contributed by atoms with Crippen LogP contribution in [0.2, 0.25) is 0 Å². The van der Waals surface area contributed by atoms with Crippen LogP contribution in [-0.2, 0) is 0 Å². The Morgan fingerprint density at radius 1 is 1.25 bits per heavy atom. The topological polar surface area (TPSA) is 44.6 Å². The number of phenols is 1. The smallest absolute Gasteiger partial charge is 0.430 e. The summed E-state index contributed by atoms with van der Waals surface area (Å²) in [6.45, 7) is 3.88. The number of aryl methyl sites for hydroxylation is 2. The third-order valence-corrected chi connectivity index (χ3v) is 3.01. The highest BCUT2D eigenvalue weighted by molar-refractivity contribution is 6.12. The number of nitrogens with zero attached hydrogens (tertiary/aromatic N) is 1. The molecule has 0 radical (unpaired) electrons. The number of phenolic OH excluding ortho intramolecular Hbond substituents is 1. The Morgan fingerprint density at radius 3 is 2.55 bits per heavy atom. The van der Waals surface area contributed by atoms with Crippen LogP contribution >= 0.6 is 0 Å². The van der Waals surface area contributed by atoms with Gasteiger partial charge in [-0.2, -0.15) is 13.2 Å². The summed E-state index contributed by atoms with van der Waals surface area (Å²) in [4.78, 5) is 4.13. The van der Waals surface area contributed by atoms with E-state index in [2.05, 4.69) is 10.3 Å². The van der Waals surface area contributed by atoms with E-state index in [0.29, 0.717) is 11.1 Å². The average molecular weight is 284 g/mol. The Morgan fingerprint density at radius 2 is 1.95 bits per heavy atom. The highest BCUT2D eigenvalue weighted by atomic mass is 19.4. The molecule has 0 atom stereocenters. The molecule has 2 rings (SSSR count). The lowest BCUT2D eigenvalue weighted by Gasteiger charge is -2.13. The summed E-state index contributed by atoms with van der Waals surface area (Å²) in [5.74, 6) is -0.0547. The predicted octanol–water partition coefficient (Wildman–Crippen LogP) is 2.85. The first-order valence-corrected chi connectivity index (χ1v) is 6.17. The predicted molar refractivity (Wildman–Crippen MR) is 71.1 cm³/mol. The molecule has 0 aliphatic carbocycles. The zero-order chi connectivity index (χ0) is 14.9. The number of rotatable bonds is 1. The van der Waals surface area contributed by atoms with Crippen molar-refractivity contribution in [3.8, 4) is 5.75 Å². The molecule has 1 aromatic carbocycles. The van der Waals surface area contributed by atoms with E-state index < -0.39 is 11.9 Å². The van der Waals surface area contributed by atoms with E-state index in [4.69, 9.17) is 0 Å². The molecule has 1 aromatic rings. The number of hydrogen-bond acceptors (Lipinski definition) is 3. The van der Waals surface area contributed by atoms with Crippen LogP contribution in [0, 0.1) is 13.8 Å². The Hall–Kier alpha value is -1.98. The molecule has 0 saturated carbocycles. The summed E-state index contributed by atoms with van der Waals surface area (Å²) in [6, 6.07) is 3.32. The number of nitrogens with one attached hydrogen (secondary N) is 1. The third-order valence-electron chi connectivity index (χ3n) is 3.01. The van der Waals surface area contributed by atoms with Crippen molar-refractivity contribution in [2.45, 2.75) is 20.0 Å². The maximum Gasteiger partial charge on any atom is 0.430 e. The van der Waals surface area contributed by atoms with Gasteiger partial charge in [0, 0.05) is 12.1 Å². The molecular weight excluding hydrogens is 269 g/mol. The van der Waals surface area contributed by atoms with E-state index >= 15 is 0 Å². The lowest BCUT2D eigenvalue weighted by molar-refractivity contribution is -0.0964. The van der Waals surface area contributed by atoms with Gasteiger partial charge in [-0.1, -0.05) is 6.07 Å². The van der Waals surface area contributed by atoms with E-state index in [1.54, 1.807) is 13.0 Å². The Labute approximate surface area is 114 Å².